The number of likely N-dealkylation sites (N-methyl/N-ethyl adjacent to an activating group) is 1. The first-order valence-electron chi connectivity index (χ1n) is 11.1. The second kappa shape index (κ2) is 7.79. The minimum absolute atomic E-state index is 0.0600. The molecule has 1 saturated heterocycles. The minimum Gasteiger partial charge on any atom is -0.331 e. The molecule has 1 aromatic carbocycles. The van der Waals surface area contributed by atoms with Gasteiger partial charge in [-0.25, -0.2) is 12.7 Å². The van der Waals surface area contributed by atoms with E-state index in [1.807, 2.05) is 29.2 Å². The smallest absolute Gasteiger partial charge is 0.229 e. The largest absolute Gasteiger partial charge is 0.331 e. The highest BCUT2D eigenvalue weighted by molar-refractivity contribution is 7.90. The molecular formula is C23H33ClN2O3S. The van der Waals surface area contributed by atoms with Gasteiger partial charge in [0.25, 0.3) is 0 Å². The molecule has 1 spiro atoms. The van der Waals surface area contributed by atoms with Gasteiger partial charge >= 0.3 is 0 Å². The van der Waals surface area contributed by atoms with E-state index in [0.717, 1.165) is 37.7 Å². The molecule has 5 atom stereocenters. The number of amides is 1. The number of likely N-dealkylation sites (tertiary alicyclic amines) is 1. The van der Waals surface area contributed by atoms with Crippen LogP contribution in [0.15, 0.2) is 24.3 Å². The fourth-order valence-corrected chi connectivity index (χ4v) is 7.22. The highest BCUT2D eigenvalue weighted by atomic mass is 35.5. The molecule has 2 aliphatic carbocycles. The van der Waals surface area contributed by atoms with Crippen LogP contribution in [0.3, 0.4) is 0 Å². The average molecular weight is 453 g/mol. The van der Waals surface area contributed by atoms with E-state index in [1.165, 1.54) is 4.31 Å². The zero-order valence-corrected chi connectivity index (χ0v) is 19.9. The lowest BCUT2D eigenvalue weighted by Gasteiger charge is -2.48. The number of carbonyl (C=O) groups excluding carboxylic acids is 1. The van der Waals surface area contributed by atoms with Gasteiger partial charge in [-0.05, 0) is 61.6 Å². The monoisotopic (exact) mass is 452 g/mol. The molecule has 30 heavy (non-hydrogen) atoms. The quantitative estimate of drug-likeness (QED) is 0.612. The van der Waals surface area contributed by atoms with Gasteiger partial charge in [0.05, 0.1) is 16.7 Å². The summed E-state index contributed by atoms with van der Waals surface area (Å²) in [6, 6.07) is 7.56. The van der Waals surface area contributed by atoms with Crippen molar-refractivity contribution in [1.29, 1.82) is 0 Å². The van der Waals surface area contributed by atoms with Gasteiger partial charge in [0.2, 0.25) is 15.9 Å². The molecule has 1 amide bonds. The number of hydrogen-bond donors (Lipinski definition) is 0. The first kappa shape index (κ1) is 22.1. The standard InChI is InChI=1S/C23H33ClN2O3S/c1-5-19(14-25(4)30(28,29)20-10-11-20)26-21(17-6-8-18(24)9-7-17)15(2)12-23(22(26)27)13-16(23)3/h6-9,15-16,19-21H,5,10-14H2,1-4H3/t15-,16?,19-,21-,23-/m0/s1. The Morgan fingerprint density at radius 2 is 1.80 bits per heavy atom. The van der Waals surface area contributed by atoms with Crippen molar-refractivity contribution in [2.75, 3.05) is 13.6 Å². The molecule has 1 aliphatic heterocycles. The molecule has 4 rings (SSSR count). The van der Waals surface area contributed by atoms with E-state index >= 15 is 0 Å². The van der Waals surface area contributed by atoms with Crippen molar-refractivity contribution in [2.24, 2.45) is 17.3 Å². The van der Waals surface area contributed by atoms with Crippen LogP contribution < -0.4 is 0 Å². The maximum atomic E-state index is 13.8. The Bertz CT molecular complexity index is 915. The molecule has 1 heterocycles. The van der Waals surface area contributed by atoms with Crippen LogP contribution in [0.2, 0.25) is 5.02 Å². The van der Waals surface area contributed by atoms with E-state index in [2.05, 4.69) is 20.8 Å². The third-order valence-corrected chi connectivity index (χ3v) is 10.1. The second-order valence-electron chi connectivity index (χ2n) is 9.74. The summed E-state index contributed by atoms with van der Waals surface area (Å²) in [5.41, 5.74) is 0.818. The predicted molar refractivity (Wildman–Crippen MR) is 120 cm³/mol. The van der Waals surface area contributed by atoms with Crippen molar-refractivity contribution in [3.8, 4) is 0 Å². The molecule has 2 saturated carbocycles. The average Bonchev–Trinajstić information content (AvgIpc) is 3.61. The Morgan fingerprint density at radius 1 is 1.20 bits per heavy atom. The van der Waals surface area contributed by atoms with Crippen molar-refractivity contribution in [3.05, 3.63) is 34.9 Å². The summed E-state index contributed by atoms with van der Waals surface area (Å²) in [6.07, 6.45) is 4.04. The molecule has 0 N–H and O–H groups in total. The zero-order chi connectivity index (χ0) is 21.8. The third-order valence-electron chi connectivity index (χ3n) is 7.56. The maximum Gasteiger partial charge on any atom is 0.229 e. The molecule has 0 aromatic heterocycles. The molecule has 1 aromatic rings. The van der Waals surface area contributed by atoms with E-state index < -0.39 is 10.0 Å². The Labute approximate surface area is 185 Å². The predicted octanol–water partition coefficient (Wildman–Crippen LogP) is 4.48. The van der Waals surface area contributed by atoms with Crippen molar-refractivity contribution < 1.29 is 13.2 Å². The van der Waals surface area contributed by atoms with Crippen LogP contribution in [0, 0.1) is 17.3 Å². The van der Waals surface area contributed by atoms with E-state index in [-0.39, 0.29) is 28.7 Å². The van der Waals surface area contributed by atoms with Crippen LogP contribution >= 0.6 is 11.6 Å². The fourth-order valence-electron chi connectivity index (χ4n) is 5.48. The number of carbonyl (C=O) groups is 1. The lowest BCUT2D eigenvalue weighted by atomic mass is 9.76. The number of benzene rings is 1. The van der Waals surface area contributed by atoms with E-state index in [1.54, 1.807) is 7.05 Å². The molecule has 7 heteroatoms. The van der Waals surface area contributed by atoms with E-state index in [0.29, 0.717) is 23.4 Å². The number of rotatable bonds is 7. The van der Waals surface area contributed by atoms with Crippen LogP contribution in [0.1, 0.15) is 64.5 Å². The van der Waals surface area contributed by atoms with Crippen molar-refractivity contribution >= 4 is 27.5 Å². The molecule has 166 valence electrons. The zero-order valence-electron chi connectivity index (χ0n) is 18.3. The Balaban J connectivity index is 1.68. The molecule has 5 nitrogen and oxygen atoms in total. The van der Waals surface area contributed by atoms with Crippen molar-refractivity contribution in [1.82, 2.24) is 9.21 Å². The van der Waals surface area contributed by atoms with Crippen LogP contribution in [0.4, 0.5) is 0 Å². The van der Waals surface area contributed by atoms with E-state index in [4.69, 9.17) is 11.6 Å². The number of sulfonamides is 1. The molecule has 0 radical (unpaired) electrons. The normalized spacial score (nSPS) is 32.7. The number of hydrogen-bond acceptors (Lipinski definition) is 3. The maximum absolute atomic E-state index is 13.8. The highest BCUT2D eigenvalue weighted by Crippen LogP contribution is 2.62. The molecule has 0 bridgehead atoms. The third kappa shape index (κ3) is 3.69. The summed E-state index contributed by atoms with van der Waals surface area (Å²) < 4.78 is 27.0. The van der Waals surface area contributed by atoms with Crippen LogP contribution in [0.5, 0.6) is 0 Å². The molecule has 3 fully saturated rings. The van der Waals surface area contributed by atoms with Crippen molar-refractivity contribution in [3.63, 3.8) is 0 Å². The number of piperidine rings is 1. The molecule has 1 unspecified atom stereocenters. The van der Waals surface area contributed by atoms with Gasteiger partial charge in [0.15, 0.2) is 0 Å². The SMILES string of the molecule is CC[C@@H](CN(C)S(=O)(=O)C1CC1)N1C(=O)[C@]2(CC2C)C[C@H](C)[C@H]1c1ccc(Cl)cc1. The highest BCUT2D eigenvalue weighted by Gasteiger charge is 2.63. The van der Waals surface area contributed by atoms with E-state index in [9.17, 15) is 13.2 Å². The summed E-state index contributed by atoms with van der Waals surface area (Å²) in [4.78, 5) is 15.9. The summed E-state index contributed by atoms with van der Waals surface area (Å²) in [7, 11) is -1.61. The summed E-state index contributed by atoms with van der Waals surface area (Å²) >= 11 is 6.12. The first-order chi connectivity index (χ1) is 14.1. The number of nitrogens with zero attached hydrogens (tertiary/aromatic N) is 2. The lowest BCUT2D eigenvalue weighted by Crippen LogP contribution is -2.56. The number of halogens is 1. The Hall–Kier alpha value is -1.11. The summed E-state index contributed by atoms with van der Waals surface area (Å²) in [5.74, 6) is 0.900. The topological polar surface area (TPSA) is 57.7 Å². The van der Waals surface area contributed by atoms with Crippen molar-refractivity contribution in [2.45, 2.75) is 70.2 Å². The fraction of sp³-hybridized carbons (Fsp3) is 0.696. The van der Waals surface area contributed by atoms with Gasteiger partial charge in [0.1, 0.15) is 0 Å². The van der Waals surface area contributed by atoms with Gasteiger partial charge in [0, 0.05) is 24.7 Å². The van der Waals surface area contributed by atoms with Gasteiger partial charge in [-0.3, -0.25) is 4.79 Å². The summed E-state index contributed by atoms with van der Waals surface area (Å²) in [6.45, 7) is 6.79. The minimum atomic E-state index is -3.27. The Morgan fingerprint density at radius 3 is 2.30 bits per heavy atom. The van der Waals surface area contributed by atoms with Crippen LogP contribution in [0.25, 0.3) is 0 Å². The Kier molecular flexibility index (Phi) is 5.74. The molecular weight excluding hydrogens is 420 g/mol. The second-order valence-corrected chi connectivity index (χ2v) is 12.5. The lowest BCUT2D eigenvalue weighted by molar-refractivity contribution is -0.151. The molecule has 3 aliphatic rings. The van der Waals surface area contributed by atoms with Gasteiger partial charge in [-0.2, -0.15) is 0 Å². The van der Waals surface area contributed by atoms with Gasteiger partial charge < -0.3 is 4.90 Å². The van der Waals surface area contributed by atoms with Crippen LogP contribution in [-0.2, 0) is 14.8 Å². The summed E-state index contributed by atoms with van der Waals surface area (Å²) in [5, 5.41) is 0.438. The van der Waals surface area contributed by atoms with Crippen LogP contribution in [-0.4, -0.2) is 48.4 Å². The van der Waals surface area contributed by atoms with Gasteiger partial charge in [-0.1, -0.05) is 44.5 Å². The van der Waals surface area contributed by atoms with Gasteiger partial charge in [-0.15, -0.1) is 0 Å². The first-order valence-corrected chi connectivity index (χ1v) is 13.0.